The Labute approximate surface area is 295 Å². The first-order valence-corrected chi connectivity index (χ1v) is 17.0. The highest BCUT2D eigenvalue weighted by Crippen LogP contribution is 2.28. The first-order valence-electron chi connectivity index (χ1n) is 17.0. The van der Waals surface area contributed by atoms with Gasteiger partial charge in [0.1, 0.15) is 6.10 Å². The van der Waals surface area contributed by atoms with E-state index in [0.717, 1.165) is 0 Å². The van der Waals surface area contributed by atoms with E-state index in [9.17, 15) is 24.3 Å². The Morgan fingerprint density at radius 2 is 1.58 bits per heavy atom. The molecule has 0 saturated heterocycles. The smallest absolute Gasteiger partial charge is 0.405 e. The van der Waals surface area contributed by atoms with Crippen molar-refractivity contribution < 1.29 is 48.7 Å². The molecule has 0 saturated carbocycles. The number of nitrogens with two attached hydrogens (primary N) is 2. The van der Waals surface area contributed by atoms with Crippen LogP contribution < -0.4 is 22.1 Å². The summed E-state index contributed by atoms with van der Waals surface area (Å²) in [5.41, 5.74) is 12.3. The van der Waals surface area contributed by atoms with Gasteiger partial charge in [0, 0.05) is 63.7 Å². The fourth-order valence-electron chi connectivity index (χ4n) is 5.51. The molecule has 0 spiro atoms. The van der Waals surface area contributed by atoms with Gasteiger partial charge in [0.15, 0.2) is 6.10 Å². The quantitative estimate of drug-likeness (QED) is 0.0237. The van der Waals surface area contributed by atoms with Crippen LogP contribution in [0.2, 0.25) is 0 Å². The molecule has 2 amide bonds. The van der Waals surface area contributed by atoms with Gasteiger partial charge in [-0.1, -0.05) is 38.2 Å². The number of aliphatic hydroxyl groups is 3. The van der Waals surface area contributed by atoms with E-state index in [1.54, 1.807) is 39.0 Å². The van der Waals surface area contributed by atoms with Gasteiger partial charge in [-0.3, -0.25) is 14.4 Å². The van der Waals surface area contributed by atoms with E-state index >= 15 is 0 Å². The molecular formula is C36H58N4O10. The summed E-state index contributed by atoms with van der Waals surface area (Å²) in [5, 5.41) is 35.7. The number of carbonyl (C=O) groups is 4. The number of ether oxygens (including phenoxy) is 3. The lowest BCUT2D eigenvalue weighted by molar-refractivity contribution is -0.116. The maximum absolute atomic E-state index is 13.6. The number of hydrogen-bond acceptors (Lipinski definition) is 12. The number of Topliss-reactive ketones (excluding diaryl/α,β-unsaturated/α-hetero) is 1. The summed E-state index contributed by atoms with van der Waals surface area (Å²) >= 11 is 0. The monoisotopic (exact) mass is 706 g/mol. The van der Waals surface area contributed by atoms with Gasteiger partial charge in [0.05, 0.1) is 23.6 Å². The van der Waals surface area contributed by atoms with Crippen molar-refractivity contribution in [1.29, 1.82) is 0 Å². The highest BCUT2D eigenvalue weighted by atomic mass is 16.6. The fourth-order valence-corrected chi connectivity index (χ4v) is 5.51. The summed E-state index contributed by atoms with van der Waals surface area (Å²) in [6, 6.07) is 0. The summed E-state index contributed by atoms with van der Waals surface area (Å²) in [5.74, 6) is -1.90. The Bertz CT molecular complexity index is 1290. The molecule has 0 aromatic carbocycles. The molecular weight excluding hydrogens is 648 g/mol. The third kappa shape index (κ3) is 15.0. The lowest BCUT2D eigenvalue weighted by Crippen LogP contribution is -2.37. The standard InChI is InChI=1S/C36H58N4O10/c1-22(18-26-31(40-15-8-10-17-42)28(43)21-27(33(26)45)39-14-7-9-16-41)19-30(49-6)32(44)24(3)20-25(4)34(50-36(38)47)29(48-5)13-11-12-23(2)35(37)46/h11-13,20-22,24,29-30,32,34,39-42,44H,7-10,14-19H2,1-6H3,(H2,37,46)(H2,38,47)/b13-11+,23-12-,25-20+/t22-,24+,29+,30+,32-,34+/m1/s1. The van der Waals surface area contributed by atoms with Gasteiger partial charge < -0.3 is 51.6 Å². The van der Waals surface area contributed by atoms with Gasteiger partial charge in [-0.15, -0.1) is 0 Å². The Morgan fingerprint density at radius 3 is 2.12 bits per heavy atom. The zero-order valence-electron chi connectivity index (χ0n) is 30.3. The molecule has 6 atom stereocenters. The van der Waals surface area contributed by atoms with E-state index in [-0.39, 0.29) is 48.5 Å². The molecule has 9 N–H and O–H groups in total. The summed E-state index contributed by atoms with van der Waals surface area (Å²) in [7, 11) is 2.91. The average Bonchev–Trinajstić information content (AvgIpc) is 3.07. The number of unbranched alkanes of at least 4 members (excludes halogenated alkanes) is 2. The average molecular weight is 707 g/mol. The van der Waals surface area contributed by atoms with Gasteiger partial charge >= 0.3 is 6.09 Å². The van der Waals surface area contributed by atoms with Crippen molar-refractivity contribution in [3.05, 3.63) is 58.5 Å². The molecule has 0 aliphatic heterocycles. The topological polar surface area (TPSA) is 233 Å². The minimum absolute atomic E-state index is 0.0196. The van der Waals surface area contributed by atoms with Crippen molar-refractivity contribution in [1.82, 2.24) is 10.6 Å². The van der Waals surface area contributed by atoms with Gasteiger partial charge in [-0.2, -0.15) is 0 Å². The van der Waals surface area contributed by atoms with Crippen LogP contribution in [0.4, 0.5) is 4.79 Å². The lowest BCUT2D eigenvalue weighted by atomic mass is 9.85. The molecule has 0 heterocycles. The number of nitrogens with one attached hydrogen (secondary N) is 2. The fraction of sp³-hybridized carbons (Fsp3) is 0.611. The molecule has 0 unspecified atom stereocenters. The number of allylic oxidation sites excluding steroid dienone is 4. The number of ketones is 2. The Kier molecular flexibility index (Phi) is 20.8. The van der Waals surface area contributed by atoms with E-state index in [2.05, 4.69) is 10.6 Å². The second kappa shape index (κ2) is 23.6. The number of methoxy groups -OCH3 is 2. The minimum Gasteiger partial charge on any atom is -0.439 e. The highest BCUT2D eigenvalue weighted by molar-refractivity contribution is 6.22. The van der Waals surface area contributed by atoms with Crippen LogP contribution in [0.5, 0.6) is 0 Å². The first-order chi connectivity index (χ1) is 23.7. The second-order valence-electron chi connectivity index (χ2n) is 12.6. The second-order valence-corrected chi connectivity index (χ2v) is 12.6. The van der Waals surface area contributed by atoms with Crippen LogP contribution in [0.15, 0.2) is 58.5 Å². The SMILES string of the molecule is CO[C@@H](/C=C/C=C(/C)C(N)=O)[C@@H](OC(N)=O)/C(C)=C/[C@H](C)[C@@H](O)[C@H](C[C@H](C)CC1=C(NCCCCO)C(=O)C=C(NCCCCO)C1=O)OC. The molecule has 0 radical (unpaired) electrons. The molecule has 50 heavy (non-hydrogen) atoms. The van der Waals surface area contributed by atoms with Gasteiger partial charge in [0.25, 0.3) is 0 Å². The largest absolute Gasteiger partial charge is 0.439 e. The molecule has 0 aromatic rings. The van der Waals surface area contributed by atoms with Gasteiger partial charge in [-0.05, 0) is 63.9 Å². The van der Waals surface area contributed by atoms with E-state index in [1.807, 2.05) is 6.92 Å². The molecule has 282 valence electrons. The number of carbonyl (C=O) groups excluding carboxylic acids is 4. The van der Waals surface area contributed by atoms with E-state index in [1.165, 1.54) is 26.4 Å². The predicted octanol–water partition coefficient (Wildman–Crippen LogP) is 1.84. The molecule has 14 heteroatoms. The summed E-state index contributed by atoms with van der Waals surface area (Å²) < 4.78 is 16.6. The van der Waals surface area contributed by atoms with E-state index < -0.39 is 42.3 Å². The number of hydrogen-bond donors (Lipinski definition) is 7. The maximum atomic E-state index is 13.6. The van der Waals surface area contributed by atoms with Crippen LogP contribution in [-0.4, -0.2) is 104 Å². The summed E-state index contributed by atoms with van der Waals surface area (Å²) in [6.07, 6.45) is 6.17. The molecule has 0 aromatic heterocycles. The van der Waals surface area contributed by atoms with Crippen LogP contribution in [0.25, 0.3) is 0 Å². The van der Waals surface area contributed by atoms with Crippen molar-refractivity contribution in [3.8, 4) is 0 Å². The maximum Gasteiger partial charge on any atom is 0.405 e. The van der Waals surface area contributed by atoms with Crippen molar-refractivity contribution in [2.75, 3.05) is 40.5 Å². The highest BCUT2D eigenvalue weighted by Gasteiger charge is 2.32. The van der Waals surface area contributed by atoms with Gasteiger partial charge in [0.2, 0.25) is 17.5 Å². The zero-order chi connectivity index (χ0) is 37.8. The number of rotatable bonds is 25. The van der Waals surface area contributed by atoms with Gasteiger partial charge in [-0.25, -0.2) is 4.79 Å². The van der Waals surface area contributed by atoms with Crippen LogP contribution >= 0.6 is 0 Å². The third-order valence-corrected chi connectivity index (χ3v) is 8.36. The van der Waals surface area contributed by atoms with Crippen LogP contribution in [0.1, 0.15) is 66.2 Å². The normalized spacial score (nSPS) is 18.0. The Hall–Kier alpha value is -3.82. The predicted molar refractivity (Wildman–Crippen MR) is 189 cm³/mol. The molecule has 1 aliphatic carbocycles. The van der Waals surface area contributed by atoms with Crippen LogP contribution in [0.3, 0.4) is 0 Å². The number of primary amides is 2. The minimum atomic E-state index is -1.02. The molecule has 1 aliphatic rings. The summed E-state index contributed by atoms with van der Waals surface area (Å²) in [6.45, 7) is 7.84. The first kappa shape index (κ1) is 44.2. The Morgan fingerprint density at radius 1 is 0.960 bits per heavy atom. The van der Waals surface area contributed by atoms with Crippen molar-refractivity contribution in [2.24, 2.45) is 23.3 Å². The third-order valence-electron chi connectivity index (χ3n) is 8.36. The number of amides is 2. The van der Waals surface area contributed by atoms with Crippen molar-refractivity contribution in [2.45, 2.75) is 90.6 Å². The summed E-state index contributed by atoms with van der Waals surface area (Å²) in [4.78, 5) is 49.9. The molecule has 0 bridgehead atoms. The van der Waals surface area contributed by atoms with E-state index in [4.69, 9.17) is 35.9 Å². The molecule has 14 nitrogen and oxygen atoms in total. The lowest BCUT2D eigenvalue weighted by Gasteiger charge is -2.30. The number of aliphatic hydroxyl groups excluding tert-OH is 3. The van der Waals surface area contributed by atoms with Crippen molar-refractivity contribution >= 4 is 23.6 Å². The molecule has 1 rings (SSSR count). The Balaban J connectivity index is 3.20. The van der Waals surface area contributed by atoms with Crippen LogP contribution in [-0.2, 0) is 28.6 Å². The van der Waals surface area contributed by atoms with E-state index in [0.29, 0.717) is 61.9 Å². The van der Waals surface area contributed by atoms with Crippen molar-refractivity contribution in [3.63, 3.8) is 0 Å². The zero-order valence-corrected chi connectivity index (χ0v) is 30.3. The van der Waals surface area contributed by atoms with Crippen LogP contribution in [0, 0.1) is 11.8 Å². The molecule has 0 fully saturated rings.